The molecule has 10 nitrogen and oxygen atoms in total. The Bertz CT molecular complexity index is 1620. The zero-order valence-corrected chi connectivity index (χ0v) is 22.4. The predicted molar refractivity (Wildman–Crippen MR) is 147 cm³/mol. The van der Waals surface area contributed by atoms with E-state index in [-0.39, 0.29) is 43.1 Å². The van der Waals surface area contributed by atoms with Crippen LogP contribution in [0.3, 0.4) is 0 Å². The van der Waals surface area contributed by atoms with Gasteiger partial charge >= 0.3 is 0 Å². The van der Waals surface area contributed by atoms with Crippen LogP contribution >= 0.6 is 0 Å². The molecule has 2 saturated heterocycles. The summed E-state index contributed by atoms with van der Waals surface area (Å²) in [5, 5.41) is 6.38. The van der Waals surface area contributed by atoms with Crippen LogP contribution < -0.4 is 10.6 Å². The van der Waals surface area contributed by atoms with Gasteiger partial charge in [0.05, 0.1) is 32.8 Å². The molecule has 6 rings (SSSR count). The summed E-state index contributed by atoms with van der Waals surface area (Å²) in [6.45, 7) is 0.620. The number of hydrogen-bond acceptors (Lipinski definition) is 6. The minimum atomic E-state index is -1.07. The molecule has 0 bridgehead atoms. The number of carbonyl (C=O) groups is 3. The minimum absolute atomic E-state index is 0.0514. The molecule has 2 fully saturated rings. The van der Waals surface area contributed by atoms with Gasteiger partial charge in [-0.1, -0.05) is 12.1 Å². The number of likely N-dealkylation sites (tertiary alicyclic amines) is 1. The number of nitrogens with zero attached hydrogens (tertiary/aromatic N) is 2. The Kier molecular flexibility index (Phi) is 7.40. The van der Waals surface area contributed by atoms with Crippen molar-refractivity contribution in [2.75, 3.05) is 26.3 Å². The van der Waals surface area contributed by atoms with Crippen LogP contribution in [-0.2, 0) is 25.6 Å². The van der Waals surface area contributed by atoms with Crippen molar-refractivity contribution in [2.45, 2.75) is 24.8 Å². The van der Waals surface area contributed by atoms with Crippen molar-refractivity contribution in [1.29, 1.82) is 0 Å². The number of H-pyrrole nitrogens is 1. The molecule has 42 heavy (non-hydrogen) atoms. The van der Waals surface area contributed by atoms with Gasteiger partial charge in [0.25, 0.3) is 5.91 Å². The van der Waals surface area contributed by atoms with Crippen LogP contribution in [0, 0.1) is 11.6 Å². The summed E-state index contributed by atoms with van der Waals surface area (Å²) in [5.74, 6) is -3.83. The summed E-state index contributed by atoms with van der Waals surface area (Å²) in [7, 11) is 0. The monoisotopic (exact) mass is 575 g/mol. The molecule has 2 aliphatic heterocycles. The number of rotatable bonds is 7. The quantitative estimate of drug-likeness (QED) is 0.311. The van der Waals surface area contributed by atoms with Gasteiger partial charge in [-0.15, -0.1) is 0 Å². The van der Waals surface area contributed by atoms with E-state index in [9.17, 15) is 23.2 Å². The number of fused-ring (bicyclic) bond motifs is 1. The molecule has 3 N–H and O–H groups in total. The number of aromatic amines is 1. The summed E-state index contributed by atoms with van der Waals surface area (Å²) in [4.78, 5) is 48.0. The molecule has 2 aliphatic rings. The van der Waals surface area contributed by atoms with E-state index in [0.29, 0.717) is 18.8 Å². The third-order valence-corrected chi connectivity index (χ3v) is 7.45. The molecule has 216 valence electrons. The van der Waals surface area contributed by atoms with Crippen LogP contribution in [0.4, 0.5) is 8.78 Å². The highest BCUT2D eigenvalue weighted by atomic mass is 19.1. The first-order chi connectivity index (χ1) is 20.3. The first-order valence-electron chi connectivity index (χ1n) is 13.4. The molecule has 2 aromatic carbocycles. The molecular formula is C30H27F2N5O5. The fourth-order valence-corrected chi connectivity index (χ4v) is 5.35. The normalized spacial score (nSPS) is 17.6. The highest BCUT2D eigenvalue weighted by molar-refractivity contribution is 5.97. The standard InChI is InChI=1S/C30H27F2N5O5/c31-21-5-6-23(24(32)12-21)18-1-3-19(4-2-18)28(39)35-16-27(38)37-17-30(41-9-10-42-30)13-26(37)29(40)34-15-22-11-20-14-33-8-7-25(20)36-22/h1-8,11-12,14,26,36H,9-10,13,15-17H2,(H,34,40)(H,35,39)/t26-/m0/s1. The van der Waals surface area contributed by atoms with Gasteiger partial charge in [0, 0.05) is 52.6 Å². The van der Waals surface area contributed by atoms with Crippen molar-refractivity contribution in [2.24, 2.45) is 0 Å². The summed E-state index contributed by atoms with van der Waals surface area (Å²) in [5.41, 5.74) is 2.59. The molecule has 3 amide bonds. The number of aromatic nitrogens is 2. The molecule has 0 radical (unpaired) electrons. The third-order valence-electron chi connectivity index (χ3n) is 7.45. The zero-order chi connectivity index (χ0) is 29.3. The average Bonchev–Trinajstić information content (AvgIpc) is 3.73. The summed E-state index contributed by atoms with van der Waals surface area (Å²) in [6.07, 6.45) is 3.56. The molecule has 2 aromatic heterocycles. The summed E-state index contributed by atoms with van der Waals surface area (Å²) < 4.78 is 38.9. The van der Waals surface area contributed by atoms with Crippen LogP contribution in [0.2, 0.25) is 0 Å². The van der Waals surface area contributed by atoms with E-state index >= 15 is 0 Å². The SMILES string of the molecule is O=C(NCC(=O)N1CC2(C[C@H]1C(=O)NCc1cc3cnccc3[nH]1)OCCO2)c1ccc(-c2ccc(F)cc2F)cc1. The van der Waals surface area contributed by atoms with Crippen LogP contribution in [-0.4, -0.2) is 70.7 Å². The van der Waals surface area contributed by atoms with Crippen LogP contribution in [0.5, 0.6) is 0 Å². The van der Waals surface area contributed by atoms with Crippen molar-refractivity contribution >= 4 is 28.6 Å². The second-order valence-corrected chi connectivity index (χ2v) is 10.2. The van der Waals surface area contributed by atoms with E-state index in [1.54, 1.807) is 12.4 Å². The Morgan fingerprint density at radius 1 is 1.02 bits per heavy atom. The topological polar surface area (TPSA) is 126 Å². The van der Waals surface area contributed by atoms with Gasteiger partial charge in [0.1, 0.15) is 17.7 Å². The first-order valence-corrected chi connectivity index (χ1v) is 13.4. The van der Waals surface area contributed by atoms with E-state index in [4.69, 9.17) is 9.47 Å². The largest absolute Gasteiger partial charge is 0.357 e. The fourth-order valence-electron chi connectivity index (χ4n) is 5.35. The third kappa shape index (κ3) is 5.58. The maximum Gasteiger partial charge on any atom is 0.251 e. The molecule has 1 atom stereocenters. The van der Waals surface area contributed by atoms with Gasteiger partial charge in [0.2, 0.25) is 11.8 Å². The summed E-state index contributed by atoms with van der Waals surface area (Å²) in [6, 6.07) is 12.2. The van der Waals surface area contributed by atoms with Crippen molar-refractivity contribution < 1.29 is 32.6 Å². The molecule has 0 aliphatic carbocycles. The minimum Gasteiger partial charge on any atom is -0.357 e. The Morgan fingerprint density at radius 2 is 1.81 bits per heavy atom. The molecule has 4 aromatic rings. The van der Waals surface area contributed by atoms with Crippen LogP contribution in [0.25, 0.3) is 22.0 Å². The predicted octanol–water partition coefficient (Wildman–Crippen LogP) is 2.90. The Hall–Kier alpha value is -4.68. The fraction of sp³-hybridized carbons (Fsp3) is 0.267. The smallest absolute Gasteiger partial charge is 0.251 e. The van der Waals surface area contributed by atoms with Gasteiger partial charge in [-0.05, 0) is 42.0 Å². The Balaban J connectivity index is 1.09. The van der Waals surface area contributed by atoms with E-state index in [1.807, 2.05) is 12.1 Å². The number of halogens is 2. The number of benzene rings is 2. The molecule has 12 heteroatoms. The molecule has 0 saturated carbocycles. The average molecular weight is 576 g/mol. The highest BCUT2D eigenvalue weighted by Crippen LogP contribution is 2.35. The van der Waals surface area contributed by atoms with Gasteiger partial charge in [-0.2, -0.15) is 0 Å². The van der Waals surface area contributed by atoms with E-state index in [1.165, 1.54) is 35.2 Å². The number of ether oxygens (including phenoxy) is 2. The van der Waals surface area contributed by atoms with Gasteiger partial charge in [0.15, 0.2) is 5.79 Å². The van der Waals surface area contributed by atoms with E-state index < -0.39 is 35.3 Å². The second kappa shape index (κ2) is 11.3. The number of amides is 3. The Labute approximate surface area is 239 Å². The first kappa shape index (κ1) is 27.5. The lowest BCUT2D eigenvalue weighted by atomic mass is 10.0. The lowest BCUT2D eigenvalue weighted by Gasteiger charge is -2.24. The number of pyridine rings is 1. The second-order valence-electron chi connectivity index (χ2n) is 10.2. The lowest BCUT2D eigenvalue weighted by molar-refractivity contribution is -0.152. The van der Waals surface area contributed by atoms with Gasteiger partial charge in [-0.3, -0.25) is 19.4 Å². The van der Waals surface area contributed by atoms with Crippen molar-refractivity contribution in [3.63, 3.8) is 0 Å². The summed E-state index contributed by atoms with van der Waals surface area (Å²) >= 11 is 0. The number of nitrogens with one attached hydrogen (secondary N) is 3. The van der Waals surface area contributed by atoms with Gasteiger partial charge in [-0.25, -0.2) is 8.78 Å². The highest BCUT2D eigenvalue weighted by Gasteiger charge is 2.52. The Morgan fingerprint density at radius 3 is 2.55 bits per heavy atom. The van der Waals surface area contributed by atoms with Crippen LogP contribution in [0.15, 0.2) is 67.0 Å². The van der Waals surface area contributed by atoms with Crippen molar-refractivity contribution in [1.82, 2.24) is 25.5 Å². The molecule has 4 heterocycles. The van der Waals surface area contributed by atoms with Crippen molar-refractivity contribution in [3.05, 3.63) is 89.9 Å². The molecule has 1 spiro atoms. The van der Waals surface area contributed by atoms with E-state index in [0.717, 1.165) is 28.7 Å². The molecular weight excluding hydrogens is 548 g/mol. The number of hydrogen-bond donors (Lipinski definition) is 3. The number of carbonyl (C=O) groups excluding carboxylic acids is 3. The zero-order valence-electron chi connectivity index (χ0n) is 22.4. The molecule has 0 unspecified atom stereocenters. The van der Waals surface area contributed by atoms with E-state index in [2.05, 4.69) is 20.6 Å². The van der Waals surface area contributed by atoms with Crippen LogP contribution in [0.1, 0.15) is 22.5 Å². The maximum atomic E-state index is 14.1. The maximum absolute atomic E-state index is 14.1. The lowest BCUT2D eigenvalue weighted by Crippen LogP contribution is -2.49. The van der Waals surface area contributed by atoms with Crippen molar-refractivity contribution in [3.8, 4) is 11.1 Å². The van der Waals surface area contributed by atoms with Gasteiger partial charge < -0.3 is 30.0 Å².